The minimum Gasteiger partial charge on any atom is -0.298 e. The van der Waals surface area contributed by atoms with E-state index in [2.05, 4.69) is 0 Å². The standard InChI is InChI=1S/C11H12O2/c1-7-4-5-10(9(3)13)8(2)11(7)6-12/h4-6H,1-3H3. The van der Waals surface area contributed by atoms with Gasteiger partial charge in [0.25, 0.3) is 0 Å². The molecule has 13 heavy (non-hydrogen) atoms. The topological polar surface area (TPSA) is 34.1 Å². The van der Waals surface area contributed by atoms with Gasteiger partial charge in [-0.25, -0.2) is 0 Å². The molecule has 2 heteroatoms. The normalized spacial score (nSPS) is 9.77. The van der Waals surface area contributed by atoms with E-state index in [9.17, 15) is 9.59 Å². The summed E-state index contributed by atoms with van der Waals surface area (Å²) in [5.41, 5.74) is 2.96. The highest BCUT2D eigenvalue weighted by Gasteiger charge is 2.09. The summed E-state index contributed by atoms with van der Waals surface area (Å²) >= 11 is 0. The van der Waals surface area contributed by atoms with E-state index >= 15 is 0 Å². The summed E-state index contributed by atoms with van der Waals surface area (Å²) in [5, 5.41) is 0. The van der Waals surface area contributed by atoms with Crippen molar-refractivity contribution in [1.82, 2.24) is 0 Å². The first-order valence-corrected chi connectivity index (χ1v) is 4.14. The maximum atomic E-state index is 11.1. The summed E-state index contributed by atoms with van der Waals surface area (Å²) in [7, 11) is 0. The zero-order valence-electron chi connectivity index (χ0n) is 8.05. The predicted molar refractivity (Wildman–Crippen MR) is 51.3 cm³/mol. The largest absolute Gasteiger partial charge is 0.298 e. The smallest absolute Gasteiger partial charge is 0.160 e. The fourth-order valence-corrected chi connectivity index (χ4v) is 1.43. The first-order valence-electron chi connectivity index (χ1n) is 4.14. The summed E-state index contributed by atoms with van der Waals surface area (Å²) in [5.74, 6) is 0.000556. The van der Waals surface area contributed by atoms with Crippen molar-refractivity contribution in [2.24, 2.45) is 0 Å². The molecule has 1 aromatic carbocycles. The molecule has 1 rings (SSSR count). The Labute approximate surface area is 77.6 Å². The van der Waals surface area contributed by atoms with E-state index in [0.717, 1.165) is 17.4 Å². The number of Topliss-reactive ketones (excluding diaryl/α,β-unsaturated/α-hetero) is 1. The van der Waals surface area contributed by atoms with E-state index in [1.54, 1.807) is 19.1 Å². The molecule has 0 amide bonds. The molecule has 0 bridgehead atoms. The number of rotatable bonds is 2. The first kappa shape index (κ1) is 9.65. The number of hydrogen-bond acceptors (Lipinski definition) is 2. The predicted octanol–water partition coefficient (Wildman–Crippen LogP) is 2.32. The lowest BCUT2D eigenvalue weighted by molar-refractivity contribution is 0.101. The minimum absolute atomic E-state index is 0.000556. The van der Waals surface area contributed by atoms with Gasteiger partial charge >= 0.3 is 0 Å². The van der Waals surface area contributed by atoms with E-state index in [1.807, 2.05) is 6.92 Å². The number of hydrogen-bond donors (Lipinski definition) is 0. The van der Waals surface area contributed by atoms with Crippen LogP contribution in [0.3, 0.4) is 0 Å². The van der Waals surface area contributed by atoms with Gasteiger partial charge in [-0.1, -0.05) is 12.1 Å². The molecule has 0 saturated carbocycles. The van der Waals surface area contributed by atoms with Gasteiger partial charge in [-0.05, 0) is 31.9 Å². The third kappa shape index (κ3) is 1.66. The Kier molecular flexibility index (Phi) is 2.61. The average Bonchev–Trinajstić information content (AvgIpc) is 2.04. The number of carbonyl (C=O) groups is 2. The maximum Gasteiger partial charge on any atom is 0.160 e. The molecule has 0 aliphatic carbocycles. The Morgan fingerprint density at radius 3 is 2.38 bits per heavy atom. The third-order valence-electron chi connectivity index (χ3n) is 2.23. The number of ketones is 1. The summed E-state index contributed by atoms with van der Waals surface area (Å²) in [4.78, 5) is 21.8. The van der Waals surface area contributed by atoms with Crippen LogP contribution < -0.4 is 0 Å². The zero-order valence-corrected chi connectivity index (χ0v) is 8.05. The molecule has 0 aliphatic heterocycles. The minimum atomic E-state index is 0.000556. The molecule has 0 aromatic heterocycles. The van der Waals surface area contributed by atoms with Gasteiger partial charge in [0.15, 0.2) is 12.1 Å². The van der Waals surface area contributed by atoms with Gasteiger partial charge in [-0.3, -0.25) is 9.59 Å². The SMILES string of the molecule is CC(=O)c1ccc(C)c(C=O)c1C. The molecular formula is C11H12O2. The second-order valence-electron chi connectivity index (χ2n) is 3.14. The van der Waals surface area contributed by atoms with Crippen molar-refractivity contribution in [2.75, 3.05) is 0 Å². The van der Waals surface area contributed by atoms with Gasteiger partial charge < -0.3 is 0 Å². The van der Waals surface area contributed by atoms with Crippen LogP contribution in [0.2, 0.25) is 0 Å². The van der Waals surface area contributed by atoms with Crippen LogP contribution in [-0.2, 0) is 0 Å². The molecule has 2 nitrogen and oxygen atoms in total. The monoisotopic (exact) mass is 176 g/mol. The molecule has 0 N–H and O–H groups in total. The van der Waals surface area contributed by atoms with Gasteiger partial charge in [0.2, 0.25) is 0 Å². The van der Waals surface area contributed by atoms with Crippen LogP contribution in [0.5, 0.6) is 0 Å². The third-order valence-corrected chi connectivity index (χ3v) is 2.23. The van der Waals surface area contributed by atoms with Crippen molar-refractivity contribution in [1.29, 1.82) is 0 Å². The van der Waals surface area contributed by atoms with Crippen LogP contribution in [0.15, 0.2) is 12.1 Å². The maximum absolute atomic E-state index is 11.1. The van der Waals surface area contributed by atoms with Crippen molar-refractivity contribution in [3.8, 4) is 0 Å². The van der Waals surface area contributed by atoms with Crippen molar-refractivity contribution in [3.05, 3.63) is 34.4 Å². The second-order valence-corrected chi connectivity index (χ2v) is 3.14. The zero-order chi connectivity index (χ0) is 10.0. The molecule has 0 radical (unpaired) electrons. The lowest BCUT2D eigenvalue weighted by Crippen LogP contribution is -2.01. The molecule has 0 atom stereocenters. The lowest BCUT2D eigenvalue weighted by Gasteiger charge is -2.06. The molecule has 0 unspecified atom stereocenters. The quantitative estimate of drug-likeness (QED) is 0.512. The fourth-order valence-electron chi connectivity index (χ4n) is 1.43. The highest BCUT2D eigenvalue weighted by Crippen LogP contribution is 2.16. The molecule has 1 aromatic rings. The average molecular weight is 176 g/mol. The summed E-state index contributed by atoms with van der Waals surface area (Å²) < 4.78 is 0. The van der Waals surface area contributed by atoms with Gasteiger partial charge in [0.05, 0.1) is 0 Å². The van der Waals surface area contributed by atoms with Gasteiger partial charge in [-0.2, -0.15) is 0 Å². The van der Waals surface area contributed by atoms with E-state index in [0.29, 0.717) is 11.1 Å². The Morgan fingerprint density at radius 2 is 1.92 bits per heavy atom. The molecule has 0 aliphatic rings. The number of benzene rings is 1. The Hall–Kier alpha value is -1.44. The van der Waals surface area contributed by atoms with Crippen LogP contribution in [0.1, 0.15) is 38.8 Å². The molecule has 0 spiro atoms. The second kappa shape index (κ2) is 3.52. The summed E-state index contributed by atoms with van der Waals surface area (Å²) in [6, 6.07) is 3.56. The molecule has 68 valence electrons. The van der Waals surface area contributed by atoms with Crippen LogP contribution >= 0.6 is 0 Å². The number of aryl methyl sites for hydroxylation is 1. The van der Waals surface area contributed by atoms with Crippen LogP contribution in [0.25, 0.3) is 0 Å². The summed E-state index contributed by atoms with van der Waals surface area (Å²) in [6.07, 6.45) is 0.803. The summed E-state index contributed by atoms with van der Waals surface area (Å²) in [6.45, 7) is 5.17. The van der Waals surface area contributed by atoms with Crippen molar-refractivity contribution in [2.45, 2.75) is 20.8 Å². The number of carbonyl (C=O) groups excluding carboxylic acids is 2. The Balaban J connectivity index is 3.44. The van der Waals surface area contributed by atoms with E-state index < -0.39 is 0 Å². The fraction of sp³-hybridized carbons (Fsp3) is 0.273. The van der Waals surface area contributed by atoms with Crippen molar-refractivity contribution >= 4 is 12.1 Å². The van der Waals surface area contributed by atoms with Gasteiger partial charge in [-0.15, -0.1) is 0 Å². The molecule has 0 heterocycles. The Bertz CT molecular complexity index is 365. The Morgan fingerprint density at radius 1 is 1.31 bits per heavy atom. The van der Waals surface area contributed by atoms with Crippen LogP contribution in [-0.4, -0.2) is 12.1 Å². The lowest BCUT2D eigenvalue weighted by atomic mass is 9.97. The van der Waals surface area contributed by atoms with Crippen molar-refractivity contribution < 1.29 is 9.59 Å². The highest BCUT2D eigenvalue weighted by atomic mass is 16.1. The van der Waals surface area contributed by atoms with Gasteiger partial charge in [0, 0.05) is 11.1 Å². The van der Waals surface area contributed by atoms with Crippen LogP contribution in [0, 0.1) is 13.8 Å². The number of aldehydes is 1. The molecular weight excluding hydrogens is 164 g/mol. The first-order chi connectivity index (χ1) is 6.07. The molecule has 0 saturated heterocycles. The highest BCUT2D eigenvalue weighted by molar-refractivity contribution is 5.98. The van der Waals surface area contributed by atoms with E-state index in [-0.39, 0.29) is 5.78 Å². The van der Waals surface area contributed by atoms with E-state index in [1.165, 1.54) is 6.92 Å². The molecule has 0 fully saturated rings. The van der Waals surface area contributed by atoms with Crippen LogP contribution in [0.4, 0.5) is 0 Å². The van der Waals surface area contributed by atoms with E-state index in [4.69, 9.17) is 0 Å². The van der Waals surface area contributed by atoms with Gasteiger partial charge in [0.1, 0.15) is 0 Å². The van der Waals surface area contributed by atoms with Crippen molar-refractivity contribution in [3.63, 3.8) is 0 Å².